The molecule has 1 aromatic rings. The van der Waals surface area contributed by atoms with Crippen LogP contribution in [0.2, 0.25) is 0 Å². The quantitative estimate of drug-likeness (QED) is 0.822. The van der Waals surface area contributed by atoms with Crippen molar-refractivity contribution in [3.63, 3.8) is 0 Å². The van der Waals surface area contributed by atoms with E-state index < -0.39 is 0 Å². The molecule has 2 heterocycles. The fourth-order valence-electron chi connectivity index (χ4n) is 1.99. The first-order chi connectivity index (χ1) is 7.63. The van der Waals surface area contributed by atoms with Crippen molar-refractivity contribution in [1.82, 2.24) is 4.90 Å². The Morgan fingerprint density at radius 1 is 1.59 bits per heavy atom. The molecular formula is C10H13Br2ClN2OS. The van der Waals surface area contributed by atoms with Crippen molar-refractivity contribution in [3.8, 4) is 0 Å². The van der Waals surface area contributed by atoms with Gasteiger partial charge >= 0.3 is 0 Å². The van der Waals surface area contributed by atoms with Crippen molar-refractivity contribution in [3.05, 3.63) is 19.2 Å². The molecule has 1 unspecified atom stereocenters. The molecule has 3 nitrogen and oxygen atoms in total. The van der Waals surface area contributed by atoms with Crippen LogP contribution >= 0.6 is 55.6 Å². The molecule has 1 aliphatic rings. The molecule has 1 aliphatic heterocycles. The number of hydrogen-bond donors (Lipinski definition) is 1. The second-order valence-electron chi connectivity index (χ2n) is 3.77. The summed E-state index contributed by atoms with van der Waals surface area (Å²) >= 11 is 8.32. The maximum absolute atomic E-state index is 12.3. The summed E-state index contributed by atoms with van der Waals surface area (Å²) in [6, 6.07) is 2.07. The molecule has 0 bridgehead atoms. The highest BCUT2D eigenvalue weighted by atomic mass is 79.9. The van der Waals surface area contributed by atoms with E-state index in [2.05, 4.69) is 31.9 Å². The summed E-state index contributed by atoms with van der Waals surface area (Å²) in [7, 11) is 0. The number of nitrogens with two attached hydrogens (primary N) is 1. The fourth-order valence-corrected chi connectivity index (χ4v) is 4.77. The number of thiophene rings is 1. The molecule has 1 aromatic heterocycles. The van der Waals surface area contributed by atoms with E-state index in [0.717, 1.165) is 32.5 Å². The van der Waals surface area contributed by atoms with E-state index in [1.165, 1.54) is 11.3 Å². The zero-order valence-corrected chi connectivity index (χ0v) is 13.8. The van der Waals surface area contributed by atoms with E-state index in [1.54, 1.807) is 0 Å². The van der Waals surface area contributed by atoms with E-state index in [1.807, 2.05) is 11.0 Å². The Morgan fingerprint density at radius 2 is 2.29 bits per heavy atom. The van der Waals surface area contributed by atoms with E-state index in [4.69, 9.17) is 5.73 Å². The molecule has 2 N–H and O–H groups in total. The van der Waals surface area contributed by atoms with Crippen LogP contribution < -0.4 is 5.73 Å². The van der Waals surface area contributed by atoms with Gasteiger partial charge in [-0.2, -0.15) is 0 Å². The summed E-state index contributed by atoms with van der Waals surface area (Å²) in [6.45, 7) is 1.37. The average molecular weight is 405 g/mol. The predicted octanol–water partition coefficient (Wildman–Crippen LogP) is 3.26. The average Bonchev–Trinajstić information content (AvgIpc) is 2.83. The summed E-state index contributed by atoms with van der Waals surface area (Å²) in [5, 5.41) is 0. The lowest BCUT2D eigenvalue weighted by atomic mass is 10.2. The van der Waals surface area contributed by atoms with Gasteiger partial charge < -0.3 is 10.6 Å². The third-order valence-corrected chi connectivity index (χ3v) is 5.14. The molecule has 1 saturated heterocycles. The number of rotatable bonds is 2. The lowest BCUT2D eigenvalue weighted by molar-refractivity contribution is 0.0741. The lowest BCUT2D eigenvalue weighted by Crippen LogP contribution is -2.39. The van der Waals surface area contributed by atoms with Gasteiger partial charge in [-0.15, -0.1) is 23.7 Å². The second-order valence-corrected chi connectivity index (χ2v) is 7.52. The zero-order valence-electron chi connectivity index (χ0n) is 8.99. The Balaban J connectivity index is 0.00000144. The monoisotopic (exact) mass is 402 g/mol. The molecule has 17 heavy (non-hydrogen) atoms. The molecule has 0 spiro atoms. The van der Waals surface area contributed by atoms with Crippen molar-refractivity contribution >= 4 is 61.5 Å². The first kappa shape index (κ1) is 15.4. The largest absolute Gasteiger partial charge is 0.334 e. The Bertz CT molecular complexity index is 413. The Labute approximate surface area is 127 Å². The number of carbonyl (C=O) groups is 1. The van der Waals surface area contributed by atoms with Crippen LogP contribution in [0.4, 0.5) is 0 Å². The fraction of sp³-hybridized carbons (Fsp3) is 0.500. The van der Waals surface area contributed by atoms with E-state index in [-0.39, 0.29) is 24.4 Å². The summed E-state index contributed by atoms with van der Waals surface area (Å²) in [6.07, 6.45) is 2.07. The first-order valence-electron chi connectivity index (χ1n) is 5.09. The topological polar surface area (TPSA) is 46.3 Å². The van der Waals surface area contributed by atoms with Crippen LogP contribution in [0.15, 0.2) is 13.6 Å². The molecule has 1 atom stereocenters. The molecule has 1 fully saturated rings. The van der Waals surface area contributed by atoms with Crippen molar-refractivity contribution in [2.75, 3.05) is 13.1 Å². The van der Waals surface area contributed by atoms with Crippen molar-refractivity contribution in [2.24, 2.45) is 5.73 Å². The van der Waals surface area contributed by atoms with Gasteiger partial charge in [-0.1, -0.05) is 0 Å². The summed E-state index contributed by atoms with van der Waals surface area (Å²) in [5.41, 5.74) is 6.40. The van der Waals surface area contributed by atoms with Gasteiger partial charge in [0.1, 0.15) is 0 Å². The van der Waals surface area contributed by atoms with Gasteiger partial charge in [0.05, 0.1) is 13.1 Å². The molecule has 0 saturated carbocycles. The van der Waals surface area contributed by atoms with Crippen LogP contribution in [0.25, 0.3) is 0 Å². The van der Waals surface area contributed by atoms with Gasteiger partial charge in [-0.05, 0) is 50.8 Å². The molecule has 7 heteroatoms. The van der Waals surface area contributed by atoms with Crippen LogP contribution in [0.1, 0.15) is 23.2 Å². The zero-order chi connectivity index (χ0) is 11.7. The number of nitrogens with zero attached hydrogens (tertiary/aromatic N) is 1. The Hall–Kier alpha value is 0.380. The third kappa shape index (κ3) is 3.23. The number of halogens is 3. The Kier molecular flexibility index (Phi) is 5.92. The summed E-state index contributed by atoms with van der Waals surface area (Å²) in [5.74, 6) is 0.0850. The lowest BCUT2D eigenvalue weighted by Gasteiger charge is -2.23. The minimum Gasteiger partial charge on any atom is -0.334 e. The maximum Gasteiger partial charge on any atom is 0.256 e. The number of hydrogen-bond acceptors (Lipinski definition) is 3. The number of amides is 1. The first-order valence-corrected chi connectivity index (χ1v) is 7.49. The summed E-state index contributed by atoms with van der Waals surface area (Å²) in [4.78, 5) is 14.2. The van der Waals surface area contributed by atoms with E-state index >= 15 is 0 Å². The standard InChI is InChI=1S/C10H12Br2N2OS.ClH/c11-8-4-7(9(12)16-8)10(15)14-3-1-2-6(14)5-13;/h4,6H,1-3,5,13H2;1H. The normalized spacial score (nSPS) is 19.2. The highest BCUT2D eigenvalue weighted by Gasteiger charge is 2.29. The predicted molar refractivity (Wildman–Crippen MR) is 80.1 cm³/mol. The molecule has 0 aromatic carbocycles. The SMILES string of the molecule is Cl.NCC1CCCN1C(=O)c1cc(Br)sc1Br. The molecule has 2 rings (SSSR count). The molecule has 1 amide bonds. The third-order valence-electron chi connectivity index (χ3n) is 2.80. The molecule has 96 valence electrons. The number of likely N-dealkylation sites (tertiary alicyclic amines) is 1. The molecular weight excluding hydrogens is 391 g/mol. The minimum atomic E-state index is 0. The highest BCUT2D eigenvalue weighted by molar-refractivity contribution is 9.12. The minimum absolute atomic E-state index is 0. The van der Waals surface area contributed by atoms with Crippen LogP contribution in [0.5, 0.6) is 0 Å². The van der Waals surface area contributed by atoms with Gasteiger partial charge in [0.15, 0.2) is 0 Å². The van der Waals surface area contributed by atoms with E-state index in [0.29, 0.717) is 6.54 Å². The highest BCUT2D eigenvalue weighted by Crippen LogP contribution is 2.33. The van der Waals surface area contributed by atoms with Crippen molar-refractivity contribution in [1.29, 1.82) is 0 Å². The van der Waals surface area contributed by atoms with Crippen LogP contribution in [0.3, 0.4) is 0 Å². The van der Waals surface area contributed by atoms with Crippen LogP contribution in [-0.2, 0) is 0 Å². The number of carbonyl (C=O) groups excluding carboxylic acids is 1. The van der Waals surface area contributed by atoms with Gasteiger partial charge in [-0.25, -0.2) is 0 Å². The van der Waals surface area contributed by atoms with Crippen molar-refractivity contribution < 1.29 is 4.79 Å². The van der Waals surface area contributed by atoms with Gasteiger partial charge in [0, 0.05) is 19.1 Å². The Morgan fingerprint density at radius 3 is 2.82 bits per heavy atom. The van der Waals surface area contributed by atoms with Crippen molar-refractivity contribution in [2.45, 2.75) is 18.9 Å². The second kappa shape index (κ2) is 6.52. The smallest absolute Gasteiger partial charge is 0.256 e. The van der Waals surface area contributed by atoms with Gasteiger partial charge in [0.25, 0.3) is 5.91 Å². The summed E-state index contributed by atoms with van der Waals surface area (Å²) < 4.78 is 1.85. The molecule has 0 aliphatic carbocycles. The van der Waals surface area contributed by atoms with Crippen LogP contribution in [-0.4, -0.2) is 29.9 Å². The maximum atomic E-state index is 12.3. The van der Waals surface area contributed by atoms with E-state index in [9.17, 15) is 4.79 Å². The van der Waals surface area contributed by atoms with Gasteiger partial charge in [0.2, 0.25) is 0 Å². The van der Waals surface area contributed by atoms with Gasteiger partial charge in [-0.3, -0.25) is 4.79 Å². The van der Waals surface area contributed by atoms with Crippen LogP contribution in [0, 0.1) is 0 Å². The molecule has 0 radical (unpaired) electrons.